The minimum Gasteiger partial charge on any atom is -1.00 e. The number of nitrogens with one attached hydrogen (secondary N) is 1. The van der Waals surface area contributed by atoms with Crippen LogP contribution < -0.4 is 22.6 Å². The van der Waals surface area contributed by atoms with Gasteiger partial charge in [-0.3, -0.25) is 4.79 Å². The fourth-order valence-electron chi connectivity index (χ4n) is 2.73. The van der Waals surface area contributed by atoms with Crippen molar-refractivity contribution in [2.24, 2.45) is 0 Å². The first-order valence-electron chi connectivity index (χ1n) is 9.23. The summed E-state index contributed by atoms with van der Waals surface area (Å²) in [5.74, 6) is -1.21. The summed E-state index contributed by atoms with van der Waals surface area (Å²) in [6.45, 7) is 5.70. The van der Waals surface area contributed by atoms with Crippen molar-refractivity contribution in [1.29, 1.82) is 0 Å². The normalized spacial score (nSPS) is 10.7. The quantitative estimate of drug-likeness (QED) is 0.491. The molecule has 30 heavy (non-hydrogen) atoms. The number of hydrogen-bond donors (Lipinski definition) is 1. The van der Waals surface area contributed by atoms with Gasteiger partial charge in [-0.05, 0) is 56.3 Å². The van der Waals surface area contributed by atoms with Crippen molar-refractivity contribution >= 4 is 17.6 Å². The van der Waals surface area contributed by atoms with Crippen LogP contribution in [0.2, 0.25) is 0 Å². The number of hydrogen-bond acceptors (Lipinski definition) is 4. The van der Waals surface area contributed by atoms with Crippen molar-refractivity contribution in [1.82, 2.24) is 5.32 Å². The molecule has 9 heteroatoms. The molecule has 0 aliphatic heterocycles. The number of esters is 1. The first kappa shape index (κ1) is 25.3. The molecule has 0 heterocycles. The van der Waals surface area contributed by atoms with E-state index in [9.17, 15) is 22.8 Å². The number of anilines is 1. The van der Waals surface area contributed by atoms with Gasteiger partial charge in [0.15, 0.2) is 0 Å². The average molecular weight is 444 g/mol. The van der Waals surface area contributed by atoms with E-state index in [4.69, 9.17) is 4.74 Å². The molecule has 2 aromatic carbocycles. The van der Waals surface area contributed by atoms with Crippen LogP contribution in [0.3, 0.4) is 0 Å². The van der Waals surface area contributed by atoms with Gasteiger partial charge in [-0.25, -0.2) is 4.79 Å². The van der Waals surface area contributed by atoms with E-state index >= 15 is 0 Å². The van der Waals surface area contributed by atoms with Crippen molar-refractivity contribution in [2.45, 2.75) is 20.0 Å². The molecule has 5 nitrogen and oxygen atoms in total. The Balaban J connectivity index is 0.00000450. The molecule has 2 aromatic rings. The zero-order valence-electron chi connectivity index (χ0n) is 16.6. The summed E-state index contributed by atoms with van der Waals surface area (Å²) < 4.78 is 43.0. The number of alkyl halides is 3. The summed E-state index contributed by atoms with van der Waals surface area (Å²) in [4.78, 5) is 26.2. The van der Waals surface area contributed by atoms with Gasteiger partial charge in [0.25, 0.3) is 5.91 Å². The molecule has 0 radical (unpaired) electrons. The molecule has 1 N–H and O–H groups in total. The zero-order chi connectivity index (χ0) is 21.4. The lowest BCUT2D eigenvalue weighted by Crippen LogP contribution is -3.00. The van der Waals surface area contributed by atoms with Gasteiger partial charge in [-0.2, -0.15) is 13.2 Å². The summed E-state index contributed by atoms with van der Waals surface area (Å²) in [7, 11) is 0. The van der Waals surface area contributed by atoms with Gasteiger partial charge in [-0.1, -0.05) is 6.07 Å². The van der Waals surface area contributed by atoms with Crippen molar-refractivity contribution in [3.8, 4) is 0 Å². The molecule has 0 spiro atoms. The topological polar surface area (TPSA) is 58.6 Å². The van der Waals surface area contributed by atoms with Crippen molar-refractivity contribution in [3.63, 3.8) is 0 Å². The van der Waals surface area contributed by atoms with Gasteiger partial charge in [-0.15, -0.1) is 0 Å². The molecule has 0 fully saturated rings. The van der Waals surface area contributed by atoms with Crippen molar-refractivity contribution in [3.05, 3.63) is 65.2 Å². The third-order valence-corrected chi connectivity index (χ3v) is 4.30. The first-order chi connectivity index (χ1) is 13.8. The number of rotatable bonds is 8. The van der Waals surface area contributed by atoms with Crippen molar-refractivity contribution < 1.29 is 39.9 Å². The third kappa shape index (κ3) is 6.95. The second kappa shape index (κ2) is 11.4. The highest BCUT2D eigenvalue weighted by molar-refractivity contribution is 5.94. The third-order valence-electron chi connectivity index (χ3n) is 4.30. The van der Waals surface area contributed by atoms with Crippen LogP contribution in [-0.2, 0) is 10.9 Å². The van der Waals surface area contributed by atoms with E-state index in [0.717, 1.165) is 37.0 Å². The van der Waals surface area contributed by atoms with Gasteiger partial charge < -0.3 is 27.4 Å². The zero-order valence-corrected chi connectivity index (χ0v) is 17.4. The summed E-state index contributed by atoms with van der Waals surface area (Å²) in [6, 6.07) is 11.1. The van der Waals surface area contributed by atoms with E-state index in [1.165, 1.54) is 6.07 Å². The lowest BCUT2D eigenvalue weighted by Gasteiger charge is -2.21. The molecule has 0 unspecified atom stereocenters. The molecule has 0 aromatic heterocycles. The Hall–Kier alpha value is -2.74. The van der Waals surface area contributed by atoms with Crippen LogP contribution in [0.15, 0.2) is 48.5 Å². The van der Waals surface area contributed by atoms with E-state index in [2.05, 4.69) is 10.2 Å². The van der Waals surface area contributed by atoms with E-state index in [1.54, 1.807) is 12.1 Å². The molecule has 0 saturated heterocycles. The standard InChI is InChI=1S/C21H23F3N2O3.ClH/c1-3-26(4-2)18-10-8-15(9-11-18)19(27)25-12-13-29-20(28)16-6-5-7-17(14-16)21(22,23)24;/h5-11,14H,3-4,12-13H2,1-2H3,(H,25,27);1H/p-1. The fraction of sp³-hybridized carbons (Fsp3) is 0.333. The van der Waals surface area contributed by atoms with Gasteiger partial charge >= 0.3 is 12.1 Å². The summed E-state index contributed by atoms with van der Waals surface area (Å²) >= 11 is 0. The van der Waals surface area contributed by atoms with Gasteiger partial charge in [0.05, 0.1) is 17.7 Å². The predicted octanol–water partition coefficient (Wildman–Crippen LogP) is 1.14. The Kier molecular flexibility index (Phi) is 9.65. The van der Waals surface area contributed by atoms with Crippen LogP contribution >= 0.6 is 0 Å². The van der Waals surface area contributed by atoms with Crippen LogP contribution in [0.5, 0.6) is 0 Å². The molecule has 0 bridgehead atoms. The Bertz CT molecular complexity index is 838. The minimum absolute atomic E-state index is 0. The maximum atomic E-state index is 12.7. The van der Waals surface area contributed by atoms with Crippen LogP contribution in [-0.4, -0.2) is 38.1 Å². The smallest absolute Gasteiger partial charge is 0.416 e. The lowest BCUT2D eigenvalue weighted by molar-refractivity contribution is -0.137. The maximum Gasteiger partial charge on any atom is 0.416 e. The number of carbonyl (C=O) groups is 2. The molecule has 0 saturated carbocycles. The van der Waals surface area contributed by atoms with Crippen LogP contribution in [0.25, 0.3) is 0 Å². The number of carbonyl (C=O) groups excluding carboxylic acids is 2. The second-order valence-corrected chi connectivity index (χ2v) is 6.19. The number of ether oxygens (including phenoxy) is 1. The van der Waals surface area contributed by atoms with E-state index in [-0.39, 0.29) is 37.0 Å². The molecule has 164 valence electrons. The van der Waals surface area contributed by atoms with E-state index in [0.29, 0.717) is 5.56 Å². The van der Waals surface area contributed by atoms with Gasteiger partial charge in [0.1, 0.15) is 6.61 Å². The Morgan fingerprint density at radius 2 is 1.63 bits per heavy atom. The SMILES string of the molecule is CCN(CC)c1ccc(C(=O)NCCOC(=O)c2cccc(C(F)(F)F)c2)cc1.[Cl-]. The maximum absolute atomic E-state index is 12.7. The molecule has 2 rings (SSSR count). The van der Waals surface area contributed by atoms with Gasteiger partial charge in [0, 0.05) is 24.3 Å². The van der Waals surface area contributed by atoms with Crippen LogP contribution in [0.1, 0.15) is 40.1 Å². The number of nitrogens with zero attached hydrogens (tertiary/aromatic N) is 1. The van der Waals surface area contributed by atoms with E-state index in [1.807, 2.05) is 26.0 Å². The monoisotopic (exact) mass is 443 g/mol. The Morgan fingerprint density at radius 1 is 1.00 bits per heavy atom. The summed E-state index contributed by atoms with van der Waals surface area (Å²) in [5.41, 5.74) is 0.359. The molecule has 0 aliphatic rings. The van der Waals surface area contributed by atoms with E-state index < -0.39 is 17.7 Å². The van der Waals surface area contributed by atoms with Crippen LogP contribution in [0.4, 0.5) is 18.9 Å². The lowest BCUT2D eigenvalue weighted by atomic mass is 10.1. The molecular weight excluding hydrogens is 421 g/mol. The number of halogens is 4. The minimum atomic E-state index is -4.54. The molecule has 1 amide bonds. The highest BCUT2D eigenvalue weighted by Crippen LogP contribution is 2.29. The predicted molar refractivity (Wildman–Crippen MR) is 104 cm³/mol. The fourth-order valence-corrected chi connectivity index (χ4v) is 2.73. The Morgan fingerprint density at radius 3 is 2.20 bits per heavy atom. The highest BCUT2D eigenvalue weighted by atomic mass is 35.5. The number of amides is 1. The second-order valence-electron chi connectivity index (χ2n) is 6.19. The largest absolute Gasteiger partial charge is 1.00 e. The number of benzene rings is 2. The highest BCUT2D eigenvalue weighted by Gasteiger charge is 2.31. The van der Waals surface area contributed by atoms with Crippen LogP contribution in [0, 0.1) is 0 Å². The molecular formula is C21H23ClF3N2O3-. The van der Waals surface area contributed by atoms with Gasteiger partial charge in [0.2, 0.25) is 0 Å². The molecule has 0 atom stereocenters. The average Bonchev–Trinajstić information content (AvgIpc) is 2.71. The Labute approximate surface area is 179 Å². The van der Waals surface area contributed by atoms with Crippen molar-refractivity contribution in [2.75, 3.05) is 31.1 Å². The summed E-state index contributed by atoms with van der Waals surface area (Å²) in [5, 5.41) is 2.61. The summed E-state index contributed by atoms with van der Waals surface area (Å²) in [6.07, 6.45) is -4.54. The first-order valence-corrected chi connectivity index (χ1v) is 9.23. The molecule has 0 aliphatic carbocycles.